The molecule has 0 aliphatic carbocycles. The van der Waals surface area contributed by atoms with Crippen LogP contribution in [0.1, 0.15) is 5.56 Å². The Morgan fingerprint density at radius 2 is 0.985 bits per heavy atom. The van der Waals surface area contributed by atoms with Crippen molar-refractivity contribution in [3.05, 3.63) is 310 Å². The lowest BCUT2D eigenvalue weighted by molar-refractivity contribution is 1.16. The fourth-order valence-corrected chi connectivity index (χ4v) is 7.78. The molecule has 0 spiro atoms. The standard InChI is InChI=1S/C60H48N4.C4H6/c1-45-21-17-18-39-63(54-28-9-4-10-29-54)40-38-50(41-46(45)2)49-36-37-60(62-64(55-30-11-5-12-31-55)56-32-13-6-14-33-56)58(44-49)52-25-20-23-48(43-52)47-22-19-24-51(42-47)57-34-15-16-35-59(57)61-53-26-7-3-8-27-53;1-3-4-2/h3-44,61-62H,1-2H2;3-4H,1-2H2/b21-17-,39-18-,40-38-,50-41+;. The van der Waals surface area contributed by atoms with Gasteiger partial charge in [-0.1, -0.05) is 184 Å². The predicted molar refractivity (Wildman–Crippen MR) is 294 cm³/mol. The average molecular weight is 879 g/mol. The van der Waals surface area contributed by atoms with Crippen molar-refractivity contribution in [2.45, 2.75) is 0 Å². The van der Waals surface area contributed by atoms with Crippen LogP contribution < -0.4 is 20.7 Å². The van der Waals surface area contributed by atoms with Crippen LogP contribution in [-0.2, 0) is 0 Å². The molecule has 2 N–H and O–H groups in total. The molecule has 0 aromatic heterocycles. The van der Waals surface area contributed by atoms with Gasteiger partial charge >= 0.3 is 0 Å². The van der Waals surface area contributed by atoms with E-state index in [9.17, 15) is 0 Å². The third-order valence-corrected chi connectivity index (χ3v) is 11.3. The molecule has 1 aliphatic heterocycles. The summed E-state index contributed by atoms with van der Waals surface area (Å²) >= 11 is 0. The number of allylic oxidation sites excluding steroid dienone is 10. The van der Waals surface area contributed by atoms with Crippen LogP contribution in [0.25, 0.3) is 39.0 Å². The highest BCUT2D eigenvalue weighted by Crippen LogP contribution is 2.39. The molecule has 0 bridgehead atoms. The molecule has 1 heterocycles. The highest BCUT2D eigenvalue weighted by Gasteiger charge is 2.16. The van der Waals surface area contributed by atoms with Crippen LogP contribution in [0.3, 0.4) is 0 Å². The second-order valence-electron chi connectivity index (χ2n) is 16.0. The number of para-hydroxylation sites is 5. The van der Waals surface area contributed by atoms with Gasteiger partial charge in [-0.25, -0.2) is 0 Å². The minimum atomic E-state index is 0.836. The minimum absolute atomic E-state index is 0.836. The lowest BCUT2D eigenvalue weighted by atomic mass is 9.93. The van der Waals surface area contributed by atoms with E-state index in [1.807, 2.05) is 54.6 Å². The molecule has 0 unspecified atom stereocenters. The largest absolute Gasteiger partial charge is 0.355 e. The number of rotatable bonds is 12. The van der Waals surface area contributed by atoms with E-state index in [4.69, 9.17) is 0 Å². The molecule has 0 fully saturated rings. The molecule has 9 rings (SSSR count). The van der Waals surface area contributed by atoms with Gasteiger partial charge in [0.15, 0.2) is 0 Å². The third-order valence-electron chi connectivity index (χ3n) is 11.3. The summed E-state index contributed by atoms with van der Waals surface area (Å²) in [6.07, 6.45) is 17.7. The lowest BCUT2D eigenvalue weighted by Gasteiger charge is -2.28. The molecule has 1 aliphatic rings. The van der Waals surface area contributed by atoms with Gasteiger partial charge in [0, 0.05) is 40.6 Å². The van der Waals surface area contributed by atoms with Crippen LogP contribution >= 0.6 is 0 Å². The average Bonchev–Trinajstić information content (AvgIpc) is 3.43. The van der Waals surface area contributed by atoms with Crippen LogP contribution in [-0.4, -0.2) is 0 Å². The van der Waals surface area contributed by atoms with Crippen molar-refractivity contribution >= 4 is 39.7 Å². The van der Waals surface area contributed by atoms with E-state index in [2.05, 4.69) is 247 Å². The van der Waals surface area contributed by atoms with Crippen LogP contribution in [0.4, 0.5) is 34.1 Å². The van der Waals surface area contributed by atoms with E-state index in [0.717, 1.165) is 89.8 Å². The number of benzene rings is 8. The molecule has 0 saturated heterocycles. The van der Waals surface area contributed by atoms with Gasteiger partial charge in [-0.15, -0.1) is 0 Å². The number of nitrogens with zero attached hydrogens (tertiary/aromatic N) is 2. The summed E-state index contributed by atoms with van der Waals surface area (Å²) in [5, 5.41) is 5.77. The Morgan fingerprint density at radius 1 is 0.426 bits per heavy atom. The number of hydrogen-bond donors (Lipinski definition) is 2. The molecule has 8 aromatic rings. The topological polar surface area (TPSA) is 30.5 Å². The highest BCUT2D eigenvalue weighted by atomic mass is 15.5. The second kappa shape index (κ2) is 22.7. The third kappa shape index (κ3) is 11.6. The van der Waals surface area contributed by atoms with Crippen LogP contribution in [0.2, 0.25) is 0 Å². The van der Waals surface area contributed by atoms with Crippen molar-refractivity contribution in [1.29, 1.82) is 0 Å². The molecule has 0 saturated carbocycles. The molecule has 0 amide bonds. The first kappa shape index (κ1) is 45.4. The van der Waals surface area contributed by atoms with Crippen molar-refractivity contribution < 1.29 is 0 Å². The number of hydrogen-bond acceptors (Lipinski definition) is 4. The Bertz CT molecular complexity index is 3080. The molecule has 0 radical (unpaired) electrons. The summed E-state index contributed by atoms with van der Waals surface area (Å²) in [5.74, 6) is 0. The number of anilines is 6. The van der Waals surface area contributed by atoms with Gasteiger partial charge in [0.1, 0.15) is 0 Å². The highest BCUT2D eigenvalue weighted by molar-refractivity contribution is 5.89. The first-order valence-electron chi connectivity index (χ1n) is 22.6. The molecule has 4 nitrogen and oxygen atoms in total. The summed E-state index contributed by atoms with van der Waals surface area (Å²) in [6, 6.07) is 74.2. The van der Waals surface area contributed by atoms with Gasteiger partial charge in [-0.2, -0.15) is 0 Å². The van der Waals surface area contributed by atoms with Crippen molar-refractivity contribution in [2.75, 3.05) is 20.7 Å². The zero-order valence-corrected chi connectivity index (χ0v) is 38.1. The summed E-state index contributed by atoms with van der Waals surface area (Å²) < 4.78 is 0. The SMILES string of the molecule is C=C1/C=C\C=C/N(c2ccccc2)/C=C\C(c2ccc(NN(c3ccccc3)c3ccccc3)c(-c3cccc(-c4cccc(-c5ccccc5Nc5ccccc5)c4)c3)c2)=C/C1=C.C=CC=C. The Hall–Kier alpha value is -9.12. The fourth-order valence-electron chi connectivity index (χ4n) is 7.78. The Labute approximate surface area is 402 Å². The molecule has 330 valence electrons. The Morgan fingerprint density at radius 3 is 1.62 bits per heavy atom. The normalized spacial score (nSPS) is 14.4. The van der Waals surface area contributed by atoms with Crippen LogP contribution in [0, 0.1) is 0 Å². The van der Waals surface area contributed by atoms with Crippen molar-refractivity contribution in [3.63, 3.8) is 0 Å². The Balaban J connectivity index is 0.00000150. The van der Waals surface area contributed by atoms with E-state index in [1.54, 1.807) is 12.2 Å². The lowest BCUT2D eigenvalue weighted by Crippen LogP contribution is -2.24. The summed E-state index contributed by atoms with van der Waals surface area (Å²) in [4.78, 5) is 2.12. The maximum absolute atomic E-state index is 4.44. The van der Waals surface area contributed by atoms with Gasteiger partial charge in [0.25, 0.3) is 0 Å². The van der Waals surface area contributed by atoms with Gasteiger partial charge in [-0.05, 0) is 142 Å². The molecule has 0 atom stereocenters. The van der Waals surface area contributed by atoms with Crippen molar-refractivity contribution in [3.8, 4) is 33.4 Å². The molecular formula is C64H54N4. The van der Waals surface area contributed by atoms with Crippen molar-refractivity contribution in [2.24, 2.45) is 0 Å². The van der Waals surface area contributed by atoms with Gasteiger partial charge < -0.3 is 10.2 Å². The van der Waals surface area contributed by atoms with E-state index < -0.39 is 0 Å². The zero-order valence-electron chi connectivity index (χ0n) is 38.1. The second-order valence-corrected chi connectivity index (χ2v) is 16.0. The predicted octanol–water partition coefficient (Wildman–Crippen LogP) is 17.6. The van der Waals surface area contributed by atoms with Crippen LogP contribution in [0.15, 0.2) is 305 Å². The van der Waals surface area contributed by atoms with Gasteiger partial charge in [-0.3, -0.25) is 10.4 Å². The Kier molecular flexibility index (Phi) is 15.2. The first-order valence-corrected chi connectivity index (χ1v) is 22.6. The number of nitrogens with one attached hydrogen (secondary N) is 2. The minimum Gasteiger partial charge on any atom is -0.355 e. The molecular weight excluding hydrogens is 825 g/mol. The van der Waals surface area contributed by atoms with Crippen molar-refractivity contribution in [1.82, 2.24) is 0 Å². The summed E-state index contributed by atoms with van der Waals surface area (Å²) in [7, 11) is 0. The molecule has 8 aromatic carbocycles. The van der Waals surface area contributed by atoms with Gasteiger partial charge in [0.05, 0.1) is 17.1 Å². The smallest absolute Gasteiger partial charge is 0.0630 e. The molecule has 68 heavy (non-hydrogen) atoms. The number of hydrazine groups is 1. The summed E-state index contributed by atoms with van der Waals surface area (Å²) in [5.41, 5.74) is 20.3. The van der Waals surface area contributed by atoms with Gasteiger partial charge in [0.2, 0.25) is 0 Å². The fraction of sp³-hybridized carbons (Fsp3) is 0. The monoisotopic (exact) mass is 878 g/mol. The first-order chi connectivity index (χ1) is 33.5. The maximum Gasteiger partial charge on any atom is 0.0630 e. The zero-order chi connectivity index (χ0) is 46.9. The maximum atomic E-state index is 4.44. The molecule has 4 heteroatoms. The van der Waals surface area contributed by atoms with E-state index in [-0.39, 0.29) is 0 Å². The quantitative estimate of drug-likeness (QED) is 0.0946. The van der Waals surface area contributed by atoms with E-state index >= 15 is 0 Å². The van der Waals surface area contributed by atoms with E-state index in [0.29, 0.717) is 0 Å². The van der Waals surface area contributed by atoms with Crippen LogP contribution in [0.5, 0.6) is 0 Å². The summed E-state index contributed by atoms with van der Waals surface area (Å²) in [6.45, 7) is 15.5. The van der Waals surface area contributed by atoms with E-state index in [1.165, 1.54) is 0 Å².